The summed E-state index contributed by atoms with van der Waals surface area (Å²) in [6.07, 6.45) is 1.20. The average Bonchev–Trinajstić information content (AvgIpc) is 2.07. The molecule has 12 heavy (non-hydrogen) atoms. The third-order valence-electron chi connectivity index (χ3n) is 1.47. The number of rotatable bonds is 0. The van der Waals surface area contributed by atoms with Crippen molar-refractivity contribution in [3.8, 4) is 0 Å². The van der Waals surface area contributed by atoms with E-state index in [0.29, 0.717) is 4.57 Å². The van der Waals surface area contributed by atoms with Crippen molar-refractivity contribution in [2.24, 2.45) is 0 Å². The number of aromatic nitrogens is 2. The molecule has 0 aliphatic carbocycles. The van der Waals surface area contributed by atoms with Crippen molar-refractivity contribution in [1.82, 2.24) is 9.15 Å². The predicted molar refractivity (Wildman–Crippen MR) is 35.9 cm³/mol. The Kier molecular flexibility index (Phi) is 0.788. The zero-order valence-corrected chi connectivity index (χ0v) is 6.35. The molecule has 1 atom stereocenters. The van der Waals surface area contributed by atoms with Crippen LogP contribution in [0.2, 0.25) is 0 Å². The Balaban J connectivity index is 2.97. The lowest BCUT2D eigenvalue weighted by molar-refractivity contribution is 0.255. The Morgan fingerprint density at radius 2 is 2.17 bits per heavy atom. The summed E-state index contributed by atoms with van der Waals surface area (Å²) in [4.78, 5) is 22.2. The van der Waals surface area contributed by atoms with Gasteiger partial charge in [-0.15, -0.1) is 4.57 Å². The number of nitrogens with zero attached hydrogens (tertiary/aromatic N) is 2. The van der Waals surface area contributed by atoms with E-state index in [0.717, 1.165) is 4.57 Å². The lowest BCUT2D eigenvalue weighted by Gasteiger charge is -2.01. The second kappa shape index (κ2) is 1.59. The van der Waals surface area contributed by atoms with E-state index in [9.17, 15) is 9.59 Å². The predicted octanol–water partition coefficient (Wildman–Crippen LogP) is -0.0240. The van der Waals surface area contributed by atoms with Gasteiger partial charge in [-0.25, -0.2) is 4.79 Å². The number of hydrogen-bond donors (Lipinski definition) is 0. The number of hydrogen-bond acceptors (Lipinski definition) is 5. The van der Waals surface area contributed by atoms with E-state index in [-0.39, 0.29) is 5.58 Å². The Hall–Kier alpha value is -1.62. The highest BCUT2D eigenvalue weighted by molar-refractivity contribution is 7.26. The summed E-state index contributed by atoms with van der Waals surface area (Å²) in [5.74, 6) is 0. The minimum absolute atomic E-state index is 0.0817. The molecule has 0 N–H and O–H groups in total. The van der Waals surface area contributed by atoms with Gasteiger partial charge in [-0.2, -0.15) is 0 Å². The van der Waals surface area contributed by atoms with Crippen molar-refractivity contribution in [3.05, 3.63) is 27.0 Å². The molecule has 4 aromatic heterocycles. The van der Waals surface area contributed by atoms with E-state index in [1.54, 1.807) is 0 Å². The standard InChI is InChI=1S/C4HN2O5P/c7-3-2-1-5-4(8)6(3)11-12(9-2)10-5/h1H. The average molecular weight is 188 g/mol. The van der Waals surface area contributed by atoms with Crippen LogP contribution in [0, 0.1) is 0 Å². The fraction of sp³-hybridized carbons (Fsp3) is 0. The molecule has 4 heterocycles. The van der Waals surface area contributed by atoms with Gasteiger partial charge in [-0.05, 0) is 0 Å². The third kappa shape index (κ3) is 0.495. The first-order chi connectivity index (χ1) is 5.75. The lowest BCUT2D eigenvalue weighted by Crippen LogP contribution is -2.32. The van der Waals surface area contributed by atoms with Crippen LogP contribution in [-0.2, 0) is 0 Å². The molecule has 8 heteroatoms. The quantitative estimate of drug-likeness (QED) is 0.494. The van der Waals surface area contributed by atoms with Crippen molar-refractivity contribution in [3.63, 3.8) is 0 Å². The summed E-state index contributed by atoms with van der Waals surface area (Å²) >= 11 is 0. The summed E-state index contributed by atoms with van der Waals surface area (Å²) in [6, 6.07) is 0. The zero-order chi connectivity index (χ0) is 8.29. The van der Waals surface area contributed by atoms with Gasteiger partial charge in [0.05, 0.1) is 6.20 Å². The second-order valence-corrected chi connectivity index (χ2v) is 3.14. The van der Waals surface area contributed by atoms with Crippen LogP contribution in [0.15, 0.2) is 28.6 Å². The highest BCUT2D eigenvalue weighted by atomic mass is 31.1. The van der Waals surface area contributed by atoms with Crippen molar-refractivity contribution in [1.29, 1.82) is 0 Å². The first-order valence-electron chi connectivity index (χ1n) is 2.99. The molecule has 0 aromatic carbocycles. The minimum Gasteiger partial charge on any atom is -0.381 e. The molecule has 4 aromatic rings. The van der Waals surface area contributed by atoms with E-state index in [1.165, 1.54) is 6.20 Å². The molecular formula is C4HN2O5P. The van der Waals surface area contributed by atoms with Gasteiger partial charge in [-0.3, -0.25) is 13.4 Å². The highest BCUT2D eigenvalue weighted by Gasteiger charge is 2.15. The van der Waals surface area contributed by atoms with Crippen LogP contribution in [0.1, 0.15) is 0 Å². The molecule has 62 valence electrons. The molecule has 0 radical (unpaired) electrons. The highest BCUT2D eigenvalue weighted by Crippen LogP contribution is 2.21. The lowest BCUT2D eigenvalue weighted by atomic mass is 10.6. The van der Waals surface area contributed by atoms with Gasteiger partial charge in [-0.1, -0.05) is 4.57 Å². The van der Waals surface area contributed by atoms with Crippen LogP contribution >= 0.6 is 8.06 Å². The van der Waals surface area contributed by atoms with Crippen LogP contribution in [0.25, 0.3) is 5.58 Å². The van der Waals surface area contributed by atoms with E-state index in [4.69, 9.17) is 12.8 Å². The Labute approximate surface area is 63.6 Å². The van der Waals surface area contributed by atoms with Crippen LogP contribution in [0.4, 0.5) is 0 Å². The van der Waals surface area contributed by atoms with Crippen molar-refractivity contribution in [2.45, 2.75) is 0 Å². The van der Waals surface area contributed by atoms with Gasteiger partial charge in [0.25, 0.3) is 0 Å². The third-order valence-corrected chi connectivity index (χ3v) is 2.42. The van der Waals surface area contributed by atoms with Gasteiger partial charge in [0.15, 0.2) is 0 Å². The molecule has 4 bridgehead atoms. The molecule has 0 aliphatic heterocycles. The topological polar surface area (TPSA) is 82.4 Å². The minimum atomic E-state index is -1.62. The maximum absolute atomic E-state index is 11.1. The van der Waals surface area contributed by atoms with Crippen molar-refractivity contribution >= 4 is 13.6 Å². The molecule has 1 unspecified atom stereocenters. The van der Waals surface area contributed by atoms with Gasteiger partial charge in [0.2, 0.25) is 5.58 Å². The van der Waals surface area contributed by atoms with E-state index >= 15 is 0 Å². The molecular weight excluding hydrogens is 187 g/mol. The second-order valence-electron chi connectivity index (χ2n) is 2.18. The first-order valence-corrected chi connectivity index (χ1v) is 4.09. The van der Waals surface area contributed by atoms with Crippen LogP contribution in [0.5, 0.6) is 0 Å². The van der Waals surface area contributed by atoms with E-state index in [2.05, 4.69) is 0 Å². The van der Waals surface area contributed by atoms with Gasteiger partial charge < -0.3 is 4.20 Å². The maximum Gasteiger partial charge on any atom is 0.495 e. The van der Waals surface area contributed by atoms with Crippen LogP contribution in [-0.4, -0.2) is 9.15 Å². The van der Waals surface area contributed by atoms with Crippen LogP contribution in [0.3, 0.4) is 0 Å². The SMILES string of the molecule is O=c1c2cn3op(o2)on1c3=O. The monoisotopic (exact) mass is 188 g/mol. The van der Waals surface area contributed by atoms with Crippen molar-refractivity contribution in [2.75, 3.05) is 0 Å². The summed E-state index contributed by atoms with van der Waals surface area (Å²) in [7, 11) is -1.62. The van der Waals surface area contributed by atoms with E-state index < -0.39 is 19.3 Å². The van der Waals surface area contributed by atoms with Gasteiger partial charge in [0, 0.05) is 0 Å². The molecule has 0 saturated heterocycles. The Bertz CT molecular complexity index is 606. The molecule has 0 fully saturated rings. The van der Waals surface area contributed by atoms with Gasteiger partial charge >= 0.3 is 19.3 Å². The van der Waals surface area contributed by atoms with Crippen molar-refractivity contribution < 1.29 is 12.8 Å². The fourth-order valence-electron chi connectivity index (χ4n) is 0.954. The van der Waals surface area contributed by atoms with Crippen LogP contribution < -0.4 is 11.2 Å². The normalized spacial score (nSPS) is 13.5. The molecule has 0 spiro atoms. The molecule has 4 rings (SSSR count). The molecule has 0 aliphatic rings. The maximum atomic E-state index is 11.1. The summed E-state index contributed by atoms with van der Waals surface area (Å²) < 4.78 is 16.0. The fourth-order valence-corrected chi connectivity index (χ4v) is 1.87. The van der Waals surface area contributed by atoms with Gasteiger partial charge in [0.1, 0.15) is 0 Å². The largest absolute Gasteiger partial charge is 0.495 e. The smallest absolute Gasteiger partial charge is 0.381 e. The molecule has 7 nitrogen and oxygen atoms in total. The zero-order valence-electron chi connectivity index (χ0n) is 5.46. The van der Waals surface area contributed by atoms with E-state index in [1.807, 2.05) is 0 Å². The first kappa shape index (κ1) is 5.96. The molecule has 0 amide bonds. The summed E-state index contributed by atoms with van der Waals surface area (Å²) in [5, 5.41) is 0. The Morgan fingerprint density at radius 1 is 1.33 bits per heavy atom. The Morgan fingerprint density at radius 3 is 3.00 bits per heavy atom. The summed E-state index contributed by atoms with van der Waals surface area (Å²) in [6.45, 7) is 0. The summed E-state index contributed by atoms with van der Waals surface area (Å²) in [5.41, 5.74) is -1.15. The molecule has 0 saturated carbocycles.